The number of carbonyl (C=O) groups is 3. The van der Waals surface area contributed by atoms with Gasteiger partial charge in [0.1, 0.15) is 12.7 Å². The highest BCUT2D eigenvalue weighted by Gasteiger charge is 2.14. The first kappa shape index (κ1) is 46.1. The summed E-state index contributed by atoms with van der Waals surface area (Å²) in [5, 5.41) is 0. The van der Waals surface area contributed by atoms with Crippen molar-refractivity contribution in [2.45, 2.75) is 200 Å². The number of ether oxygens (including phenoxy) is 3. The minimum absolute atomic E-state index is 0.0202. The lowest BCUT2D eigenvalue weighted by Crippen LogP contribution is -2.20. The molecule has 7 heteroatoms. The van der Waals surface area contributed by atoms with Gasteiger partial charge in [0.15, 0.2) is 0 Å². The highest BCUT2D eigenvalue weighted by molar-refractivity contribution is 5.70. The molecule has 0 aliphatic carbocycles. The molecule has 1 atom stereocenters. The third kappa shape index (κ3) is 35.4. The second kappa shape index (κ2) is 36.4. The Labute approximate surface area is 296 Å². The van der Waals surface area contributed by atoms with Crippen molar-refractivity contribution in [2.24, 2.45) is 0 Å². The molecule has 0 aliphatic rings. The van der Waals surface area contributed by atoms with Crippen molar-refractivity contribution in [3.05, 3.63) is 12.2 Å². The minimum Gasteiger partial charge on any atom is -0.466 e. The van der Waals surface area contributed by atoms with Crippen LogP contribution in [0.5, 0.6) is 0 Å². The lowest BCUT2D eigenvalue weighted by molar-refractivity contribution is -0.150. The number of carbonyl (C=O) groups excluding carboxylic acids is 3. The van der Waals surface area contributed by atoms with Crippen LogP contribution >= 0.6 is 0 Å². The Kier molecular flexibility index (Phi) is 35.0. The molecule has 0 aromatic rings. The number of rotatable bonds is 36. The van der Waals surface area contributed by atoms with Crippen LogP contribution in [0.2, 0.25) is 0 Å². The maximum absolute atomic E-state index is 12.5. The number of allylic oxidation sites excluding steroid dienone is 1. The van der Waals surface area contributed by atoms with E-state index < -0.39 is 0 Å². The molecule has 0 N–H and O–H groups in total. The second-order valence-corrected chi connectivity index (χ2v) is 14.0. The van der Waals surface area contributed by atoms with Gasteiger partial charge in [-0.3, -0.25) is 14.4 Å². The molecular formula is C41H77NO6. The smallest absolute Gasteiger partial charge is 0.306 e. The molecule has 0 aromatic carbocycles. The minimum atomic E-state index is -0.106. The maximum Gasteiger partial charge on any atom is 0.306 e. The van der Waals surface area contributed by atoms with Gasteiger partial charge in [-0.05, 0) is 84.8 Å². The van der Waals surface area contributed by atoms with Crippen LogP contribution in [-0.4, -0.2) is 62.8 Å². The number of hydrogen-bond donors (Lipinski definition) is 0. The van der Waals surface area contributed by atoms with E-state index >= 15 is 0 Å². The van der Waals surface area contributed by atoms with Gasteiger partial charge in [-0.25, -0.2) is 0 Å². The van der Waals surface area contributed by atoms with Gasteiger partial charge in [-0.2, -0.15) is 0 Å². The molecule has 0 saturated heterocycles. The molecule has 282 valence electrons. The Morgan fingerprint density at radius 3 is 1.58 bits per heavy atom. The Morgan fingerprint density at radius 1 is 0.521 bits per heavy atom. The highest BCUT2D eigenvalue weighted by atomic mass is 16.5. The second-order valence-electron chi connectivity index (χ2n) is 14.0. The molecule has 1 unspecified atom stereocenters. The molecule has 0 heterocycles. The zero-order valence-corrected chi connectivity index (χ0v) is 32.0. The first-order chi connectivity index (χ1) is 23.4. The van der Waals surface area contributed by atoms with E-state index in [9.17, 15) is 14.4 Å². The number of hydrogen-bond acceptors (Lipinski definition) is 7. The Hall–Kier alpha value is -1.89. The predicted octanol–water partition coefficient (Wildman–Crippen LogP) is 11.1. The predicted molar refractivity (Wildman–Crippen MR) is 200 cm³/mol. The molecule has 0 rings (SSSR count). The molecule has 48 heavy (non-hydrogen) atoms. The molecular weight excluding hydrogens is 602 g/mol. The standard InChI is InChI=1S/C41H77NO6/c1-5-7-9-11-13-21-27-36-46-39(43)32-25-19-15-17-23-30-38(48-41(45)34-29-35-42(3)4)31-24-18-16-20-26-33-40(44)47-37-28-22-14-12-10-8-6-2/h21,27,38H,5-20,22-26,28-37H2,1-4H3/b27-21-. The van der Waals surface area contributed by atoms with Gasteiger partial charge in [-0.1, -0.05) is 122 Å². The third-order valence-electron chi connectivity index (χ3n) is 8.84. The first-order valence-electron chi connectivity index (χ1n) is 20.2. The third-order valence-corrected chi connectivity index (χ3v) is 8.84. The molecule has 0 radical (unpaired) electrons. The average Bonchev–Trinajstić information content (AvgIpc) is 3.05. The van der Waals surface area contributed by atoms with Crippen LogP contribution in [0.1, 0.15) is 194 Å². The Balaban J connectivity index is 4.07. The van der Waals surface area contributed by atoms with E-state index in [1.54, 1.807) is 0 Å². The van der Waals surface area contributed by atoms with Crippen LogP contribution in [0.15, 0.2) is 12.2 Å². The van der Waals surface area contributed by atoms with Crippen molar-refractivity contribution in [2.75, 3.05) is 33.9 Å². The molecule has 0 bridgehead atoms. The van der Waals surface area contributed by atoms with E-state index in [-0.39, 0.29) is 24.0 Å². The van der Waals surface area contributed by atoms with E-state index in [0.29, 0.717) is 32.5 Å². The van der Waals surface area contributed by atoms with Gasteiger partial charge >= 0.3 is 17.9 Å². The first-order valence-corrected chi connectivity index (χ1v) is 20.2. The van der Waals surface area contributed by atoms with Gasteiger partial charge in [-0.15, -0.1) is 0 Å². The van der Waals surface area contributed by atoms with Gasteiger partial charge in [0.25, 0.3) is 0 Å². The van der Waals surface area contributed by atoms with Gasteiger partial charge < -0.3 is 19.1 Å². The Bertz CT molecular complexity index is 768. The summed E-state index contributed by atoms with van der Waals surface area (Å²) in [6.45, 7) is 6.28. The van der Waals surface area contributed by atoms with Crippen LogP contribution in [0.25, 0.3) is 0 Å². The van der Waals surface area contributed by atoms with Crippen molar-refractivity contribution in [3.8, 4) is 0 Å². The van der Waals surface area contributed by atoms with Gasteiger partial charge in [0, 0.05) is 19.3 Å². The van der Waals surface area contributed by atoms with E-state index in [1.807, 2.05) is 20.2 Å². The van der Waals surface area contributed by atoms with Crippen molar-refractivity contribution in [1.29, 1.82) is 0 Å². The number of esters is 3. The number of unbranched alkanes of at least 4 members (excludes halogenated alkanes) is 18. The average molecular weight is 680 g/mol. The zero-order chi connectivity index (χ0) is 35.3. The fraction of sp³-hybridized carbons (Fsp3) is 0.878. The monoisotopic (exact) mass is 680 g/mol. The molecule has 7 nitrogen and oxygen atoms in total. The Morgan fingerprint density at radius 2 is 1.00 bits per heavy atom. The quantitative estimate of drug-likeness (QED) is 0.0282. The largest absolute Gasteiger partial charge is 0.466 e. The van der Waals surface area contributed by atoms with Crippen molar-refractivity contribution in [3.63, 3.8) is 0 Å². The van der Waals surface area contributed by atoms with Crippen LogP contribution in [-0.2, 0) is 28.6 Å². The van der Waals surface area contributed by atoms with Crippen molar-refractivity contribution in [1.82, 2.24) is 4.90 Å². The van der Waals surface area contributed by atoms with E-state index in [0.717, 1.165) is 109 Å². The maximum atomic E-state index is 12.5. The summed E-state index contributed by atoms with van der Waals surface area (Å²) in [6.07, 6.45) is 33.0. The van der Waals surface area contributed by atoms with Crippen LogP contribution < -0.4 is 0 Å². The topological polar surface area (TPSA) is 82.1 Å². The molecule has 0 spiro atoms. The SMILES string of the molecule is CCCCCC/C=C\COC(=O)CCCCCCCC(CCCCCCCC(=O)OCCCCCCCCC)OC(=O)CCCN(C)C. The molecule has 0 saturated carbocycles. The van der Waals surface area contributed by atoms with Crippen LogP contribution in [0.4, 0.5) is 0 Å². The fourth-order valence-electron chi connectivity index (χ4n) is 5.80. The number of nitrogens with zero attached hydrogens (tertiary/aromatic N) is 1. The van der Waals surface area contributed by atoms with Crippen molar-refractivity contribution < 1.29 is 28.6 Å². The summed E-state index contributed by atoms with van der Waals surface area (Å²) in [7, 11) is 4.04. The highest BCUT2D eigenvalue weighted by Crippen LogP contribution is 2.18. The molecule has 0 fully saturated rings. The normalized spacial score (nSPS) is 12.1. The van der Waals surface area contributed by atoms with Crippen LogP contribution in [0, 0.1) is 0 Å². The summed E-state index contributed by atoms with van der Waals surface area (Å²) >= 11 is 0. The molecule has 0 aromatic heterocycles. The zero-order valence-electron chi connectivity index (χ0n) is 32.0. The fourth-order valence-corrected chi connectivity index (χ4v) is 5.80. The van der Waals surface area contributed by atoms with E-state index in [1.165, 1.54) is 57.8 Å². The van der Waals surface area contributed by atoms with Gasteiger partial charge in [0.2, 0.25) is 0 Å². The lowest BCUT2D eigenvalue weighted by atomic mass is 10.0. The summed E-state index contributed by atoms with van der Waals surface area (Å²) in [4.78, 5) is 38.6. The van der Waals surface area contributed by atoms with Crippen LogP contribution in [0.3, 0.4) is 0 Å². The molecule has 0 aliphatic heterocycles. The summed E-state index contributed by atoms with van der Waals surface area (Å²) in [5.41, 5.74) is 0. The van der Waals surface area contributed by atoms with E-state index in [4.69, 9.17) is 14.2 Å². The summed E-state index contributed by atoms with van der Waals surface area (Å²) in [5.74, 6) is -0.245. The van der Waals surface area contributed by atoms with E-state index in [2.05, 4.69) is 24.8 Å². The summed E-state index contributed by atoms with van der Waals surface area (Å²) < 4.78 is 16.7. The lowest BCUT2D eigenvalue weighted by Gasteiger charge is -2.18. The molecule has 0 amide bonds. The van der Waals surface area contributed by atoms with Gasteiger partial charge in [0.05, 0.1) is 6.61 Å². The summed E-state index contributed by atoms with van der Waals surface area (Å²) in [6, 6.07) is 0. The van der Waals surface area contributed by atoms with Crippen molar-refractivity contribution >= 4 is 17.9 Å².